The molecule has 0 saturated carbocycles. The molecule has 1 unspecified atom stereocenters. The fraction of sp³-hybridized carbons (Fsp3) is 0.450. The molecule has 0 bridgehead atoms. The molecule has 3 rings (SSSR count). The summed E-state index contributed by atoms with van der Waals surface area (Å²) in [6.45, 7) is 7.48. The standard InChI is InChI=1S/C18H22N2O2S.C2HF3O2/c1-12-3-4-13(2)15(7-12)10-20-6-5-14(9-20)8-17-19-16(11-23-17)18(21)22;3-2(4,5)1(6)7/h3-4,7,11,14H,5-6,8-10H2,1-2H3,(H,21,22);(H,6,7). The molecule has 1 fully saturated rings. The van der Waals surface area contributed by atoms with Gasteiger partial charge in [0.2, 0.25) is 0 Å². The number of carbonyl (C=O) groups is 2. The minimum absolute atomic E-state index is 0.176. The van der Waals surface area contributed by atoms with Gasteiger partial charge in [0.15, 0.2) is 5.69 Å². The van der Waals surface area contributed by atoms with Crippen molar-refractivity contribution in [2.75, 3.05) is 13.1 Å². The quantitative estimate of drug-likeness (QED) is 0.720. The lowest BCUT2D eigenvalue weighted by Gasteiger charge is -2.17. The van der Waals surface area contributed by atoms with Crippen molar-refractivity contribution >= 4 is 23.3 Å². The van der Waals surface area contributed by atoms with E-state index in [0.29, 0.717) is 5.92 Å². The third-order valence-corrected chi connectivity index (χ3v) is 5.62. The summed E-state index contributed by atoms with van der Waals surface area (Å²) in [5.74, 6) is -3.11. The van der Waals surface area contributed by atoms with Gasteiger partial charge in [-0.05, 0) is 43.9 Å². The van der Waals surface area contributed by atoms with Crippen molar-refractivity contribution in [1.82, 2.24) is 9.88 Å². The number of aliphatic carboxylic acids is 1. The van der Waals surface area contributed by atoms with Crippen LogP contribution in [0.4, 0.5) is 13.2 Å². The number of alkyl halides is 3. The van der Waals surface area contributed by atoms with Crippen molar-refractivity contribution in [3.63, 3.8) is 0 Å². The molecule has 1 atom stereocenters. The van der Waals surface area contributed by atoms with Crippen LogP contribution >= 0.6 is 11.3 Å². The number of carboxylic acid groups (broad SMARTS) is 2. The largest absolute Gasteiger partial charge is 0.490 e. The van der Waals surface area contributed by atoms with Crippen molar-refractivity contribution in [2.24, 2.45) is 5.92 Å². The van der Waals surface area contributed by atoms with E-state index in [-0.39, 0.29) is 5.69 Å². The Morgan fingerprint density at radius 1 is 1.27 bits per heavy atom. The van der Waals surface area contributed by atoms with Crippen LogP contribution in [0.1, 0.15) is 38.6 Å². The van der Waals surface area contributed by atoms with Crippen LogP contribution < -0.4 is 0 Å². The Labute approximate surface area is 176 Å². The molecule has 6 nitrogen and oxygen atoms in total. The van der Waals surface area contributed by atoms with E-state index < -0.39 is 18.1 Å². The van der Waals surface area contributed by atoms with Crippen molar-refractivity contribution in [2.45, 2.75) is 39.4 Å². The first-order valence-electron chi connectivity index (χ1n) is 9.22. The summed E-state index contributed by atoms with van der Waals surface area (Å²) in [5, 5.41) is 18.7. The van der Waals surface area contributed by atoms with E-state index in [9.17, 15) is 18.0 Å². The minimum Gasteiger partial charge on any atom is -0.476 e. The van der Waals surface area contributed by atoms with Crippen molar-refractivity contribution < 1.29 is 33.0 Å². The summed E-state index contributed by atoms with van der Waals surface area (Å²) in [5.41, 5.74) is 4.25. The minimum atomic E-state index is -5.08. The van der Waals surface area contributed by atoms with Gasteiger partial charge in [-0.25, -0.2) is 14.6 Å². The molecular weight excluding hydrogens is 421 g/mol. The average Bonchev–Trinajstić information content (AvgIpc) is 3.28. The third-order valence-electron chi connectivity index (χ3n) is 4.75. The Bertz CT molecular complexity index is 898. The topological polar surface area (TPSA) is 90.7 Å². The van der Waals surface area contributed by atoms with E-state index in [1.165, 1.54) is 28.0 Å². The fourth-order valence-corrected chi connectivity index (χ4v) is 4.07. The van der Waals surface area contributed by atoms with Crippen LogP contribution in [0.5, 0.6) is 0 Å². The average molecular weight is 444 g/mol. The van der Waals surface area contributed by atoms with Crippen LogP contribution in [0.15, 0.2) is 23.6 Å². The summed E-state index contributed by atoms with van der Waals surface area (Å²) in [7, 11) is 0. The van der Waals surface area contributed by atoms with Gasteiger partial charge in [0.25, 0.3) is 0 Å². The van der Waals surface area contributed by atoms with E-state index in [1.54, 1.807) is 5.38 Å². The van der Waals surface area contributed by atoms with E-state index in [4.69, 9.17) is 15.0 Å². The number of nitrogens with zero attached hydrogens (tertiary/aromatic N) is 2. The van der Waals surface area contributed by atoms with Crippen molar-refractivity contribution in [3.8, 4) is 0 Å². The number of carboxylic acids is 2. The van der Waals surface area contributed by atoms with Gasteiger partial charge in [-0.15, -0.1) is 11.3 Å². The zero-order chi connectivity index (χ0) is 22.5. The molecule has 1 aliphatic heterocycles. The lowest BCUT2D eigenvalue weighted by atomic mass is 10.0. The second kappa shape index (κ2) is 10.0. The maximum Gasteiger partial charge on any atom is 0.490 e. The number of aromatic nitrogens is 1. The Morgan fingerprint density at radius 2 is 1.93 bits per heavy atom. The first-order valence-corrected chi connectivity index (χ1v) is 10.1. The molecule has 30 heavy (non-hydrogen) atoms. The highest BCUT2D eigenvalue weighted by molar-refractivity contribution is 7.09. The van der Waals surface area contributed by atoms with Crippen molar-refractivity contribution in [3.05, 3.63) is 51.0 Å². The second-order valence-electron chi connectivity index (χ2n) is 7.26. The number of benzene rings is 1. The SMILES string of the molecule is Cc1ccc(C)c(CN2CCC(Cc3nc(C(=O)O)cs3)C2)c1.O=C(O)C(F)(F)F. The maximum atomic E-state index is 10.9. The van der Waals surface area contributed by atoms with Crippen LogP contribution in [0.25, 0.3) is 0 Å². The van der Waals surface area contributed by atoms with Crippen molar-refractivity contribution in [1.29, 1.82) is 0 Å². The molecule has 0 amide bonds. The summed E-state index contributed by atoms with van der Waals surface area (Å²) in [6, 6.07) is 6.64. The first kappa shape index (κ1) is 23.8. The number of aryl methyl sites for hydroxylation is 2. The highest BCUT2D eigenvalue weighted by atomic mass is 32.1. The first-order chi connectivity index (χ1) is 14.0. The molecule has 0 radical (unpaired) electrons. The number of halogens is 3. The van der Waals surface area contributed by atoms with Crippen LogP contribution in [0.2, 0.25) is 0 Å². The molecule has 2 aromatic rings. The Kier molecular flexibility index (Phi) is 7.96. The van der Waals surface area contributed by atoms with Crippen LogP contribution in [-0.4, -0.2) is 51.3 Å². The number of hydrogen-bond donors (Lipinski definition) is 2. The number of aromatic carboxylic acids is 1. The maximum absolute atomic E-state index is 10.9. The normalized spacial score (nSPS) is 16.8. The summed E-state index contributed by atoms with van der Waals surface area (Å²) < 4.78 is 31.7. The molecule has 164 valence electrons. The van der Waals surface area contributed by atoms with Gasteiger partial charge < -0.3 is 10.2 Å². The third kappa shape index (κ3) is 7.10. The molecule has 1 aromatic heterocycles. The van der Waals surface area contributed by atoms with Gasteiger partial charge in [-0.3, -0.25) is 4.90 Å². The number of hydrogen-bond acceptors (Lipinski definition) is 5. The van der Waals surface area contributed by atoms with Gasteiger partial charge in [-0.2, -0.15) is 13.2 Å². The summed E-state index contributed by atoms with van der Waals surface area (Å²) in [6.07, 6.45) is -3.03. The number of rotatable bonds is 5. The predicted molar refractivity (Wildman–Crippen MR) is 106 cm³/mol. The van der Waals surface area contributed by atoms with E-state index >= 15 is 0 Å². The summed E-state index contributed by atoms with van der Waals surface area (Å²) >= 11 is 1.46. The smallest absolute Gasteiger partial charge is 0.476 e. The molecule has 2 heterocycles. The molecule has 10 heteroatoms. The highest BCUT2D eigenvalue weighted by Crippen LogP contribution is 2.25. The highest BCUT2D eigenvalue weighted by Gasteiger charge is 2.38. The van der Waals surface area contributed by atoms with Crippen LogP contribution in [-0.2, 0) is 17.8 Å². The molecule has 1 saturated heterocycles. The van der Waals surface area contributed by atoms with Gasteiger partial charge >= 0.3 is 18.1 Å². The molecular formula is C20H23F3N2O4S. The zero-order valence-electron chi connectivity index (χ0n) is 16.6. The summed E-state index contributed by atoms with van der Waals surface area (Å²) in [4.78, 5) is 26.5. The fourth-order valence-electron chi connectivity index (χ4n) is 3.18. The predicted octanol–water partition coefficient (Wildman–Crippen LogP) is 4.16. The zero-order valence-corrected chi connectivity index (χ0v) is 17.4. The molecule has 1 aromatic carbocycles. The lowest BCUT2D eigenvalue weighted by molar-refractivity contribution is -0.192. The monoisotopic (exact) mass is 444 g/mol. The Morgan fingerprint density at radius 3 is 2.50 bits per heavy atom. The van der Waals surface area contributed by atoms with Crippen LogP contribution in [0.3, 0.4) is 0 Å². The number of likely N-dealkylation sites (tertiary alicyclic amines) is 1. The van der Waals surface area contributed by atoms with Gasteiger partial charge in [0.05, 0.1) is 5.01 Å². The molecule has 1 aliphatic rings. The van der Waals surface area contributed by atoms with E-state index in [2.05, 4.69) is 41.9 Å². The molecule has 2 N–H and O–H groups in total. The second-order valence-corrected chi connectivity index (χ2v) is 8.20. The van der Waals surface area contributed by atoms with Crippen LogP contribution in [0, 0.1) is 19.8 Å². The van der Waals surface area contributed by atoms with E-state index in [0.717, 1.165) is 37.5 Å². The van der Waals surface area contributed by atoms with E-state index in [1.807, 2.05) is 0 Å². The Hall–Kier alpha value is -2.46. The lowest BCUT2D eigenvalue weighted by Crippen LogP contribution is -2.21. The number of thiazole rings is 1. The van der Waals surface area contributed by atoms with Gasteiger partial charge in [-0.1, -0.05) is 23.8 Å². The Balaban J connectivity index is 0.000000396. The molecule has 0 spiro atoms. The molecule has 0 aliphatic carbocycles. The van der Waals surface area contributed by atoms with Gasteiger partial charge in [0.1, 0.15) is 0 Å². The van der Waals surface area contributed by atoms with Gasteiger partial charge in [0, 0.05) is 24.9 Å².